The van der Waals surface area contributed by atoms with Gasteiger partial charge in [0.15, 0.2) is 15.7 Å². The normalized spacial score (nSPS) is 17.0. The number of aromatic nitrogens is 3. The minimum atomic E-state index is -3.52. The molecule has 0 amide bonds. The number of aliphatic carboxylic acids is 1. The van der Waals surface area contributed by atoms with Crippen molar-refractivity contribution in [1.82, 2.24) is 15.0 Å². The Balaban J connectivity index is 1.43. The fourth-order valence-electron chi connectivity index (χ4n) is 4.22. The van der Waals surface area contributed by atoms with Crippen molar-refractivity contribution in [3.05, 3.63) is 64.6 Å². The average molecular weight is 500 g/mol. The SMILES string of the molecule is O=C(O)Cc1ccc(Nc2nc(N3CC(c4ccc(Cl)cc4)C3)nc3c2S(=O)(=O)CCC3)cn1. The van der Waals surface area contributed by atoms with Gasteiger partial charge in [0, 0.05) is 24.0 Å². The van der Waals surface area contributed by atoms with Crippen LogP contribution in [0.5, 0.6) is 0 Å². The Labute approximate surface area is 201 Å². The molecule has 2 N–H and O–H groups in total. The molecule has 2 aliphatic heterocycles. The van der Waals surface area contributed by atoms with Crippen LogP contribution >= 0.6 is 11.6 Å². The summed E-state index contributed by atoms with van der Waals surface area (Å²) in [5.74, 6) is 0.111. The van der Waals surface area contributed by atoms with Crippen molar-refractivity contribution in [3.8, 4) is 0 Å². The standard InChI is InChI=1S/C23H22ClN5O4S/c24-16-5-3-14(4-6-16)15-12-29(13-15)23-27-19-2-1-9-34(32,33)21(19)22(28-23)26-18-8-7-17(25-11-18)10-20(30)31/h3-8,11,15H,1-2,9-10,12-13H2,(H,30,31)(H,26,27,28). The van der Waals surface area contributed by atoms with Crippen LogP contribution in [0.1, 0.15) is 29.3 Å². The van der Waals surface area contributed by atoms with Crippen molar-refractivity contribution in [2.75, 3.05) is 29.1 Å². The number of nitrogens with zero attached hydrogens (tertiary/aromatic N) is 4. The lowest BCUT2D eigenvalue weighted by Crippen LogP contribution is -2.46. The molecule has 2 aliphatic rings. The van der Waals surface area contributed by atoms with Crippen LogP contribution in [-0.4, -0.2) is 53.3 Å². The van der Waals surface area contributed by atoms with Gasteiger partial charge in [0.05, 0.1) is 35.4 Å². The molecule has 1 saturated heterocycles. The quantitative estimate of drug-likeness (QED) is 0.525. The van der Waals surface area contributed by atoms with Crippen molar-refractivity contribution in [2.24, 2.45) is 0 Å². The van der Waals surface area contributed by atoms with E-state index in [2.05, 4.69) is 20.3 Å². The first-order valence-corrected chi connectivity index (χ1v) is 12.9. The average Bonchev–Trinajstić information content (AvgIpc) is 2.74. The van der Waals surface area contributed by atoms with Crippen LogP contribution in [0.2, 0.25) is 5.02 Å². The van der Waals surface area contributed by atoms with Crippen LogP contribution in [0.15, 0.2) is 47.5 Å². The van der Waals surface area contributed by atoms with Gasteiger partial charge in [-0.05, 0) is 42.7 Å². The van der Waals surface area contributed by atoms with Crippen molar-refractivity contribution < 1.29 is 18.3 Å². The van der Waals surface area contributed by atoms with Crippen LogP contribution in [0.3, 0.4) is 0 Å². The summed E-state index contributed by atoms with van der Waals surface area (Å²) in [5.41, 5.74) is 2.63. The maximum atomic E-state index is 12.9. The van der Waals surface area contributed by atoms with E-state index in [1.54, 1.807) is 12.1 Å². The first kappa shape index (κ1) is 22.5. The Kier molecular flexibility index (Phi) is 5.86. The number of sulfone groups is 1. The van der Waals surface area contributed by atoms with Crippen LogP contribution in [0.4, 0.5) is 17.5 Å². The topological polar surface area (TPSA) is 125 Å². The first-order chi connectivity index (χ1) is 16.3. The molecule has 34 heavy (non-hydrogen) atoms. The molecule has 1 fully saturated rings. The fourth-order valence-corrected chi connectivity index (χ4v) is 5.97. The van der Waals surface area contributed by atoms with Crippen LogP contribution in [0.25, 0.3) is 0 Å². The Morgan fingerprint density at radius 2 is 1.91 bits per heavy atom. The number of hydrogen-bond donors (Lipinski definition) is 2. The summed E-state index contributed by atoms with van der Waals surface area (Å²) in [6, 6.07) is 11.0. The number of carboxylic acids is 1. The number of benzene rings is 1. The van der Waals surface area contributed by atoms with Crippen molar-refractivity contribution in [1.29, 1.82) is 0 Å². The molecule has 0 aliphatic carbocycles. The van der Waals surface area contributed by atoms with Crippen LogP contribution in [0, 0.1) is 0 Å². The van der Waals surface area contributed by atoms with Gasteiger partial charge in [0.25, 0.3) is 0 Å². The smallest absolute Gasteiger partial charge is 0.309 e. The Morgan fingerprint density at radius 1 is 1.15 bits per heavy atom. The van der Waals surface area contributed by atoms with E-state index in [0.29, 0.717) is 46.8 Å². The molecule has 0 bridgehead atoms. The van der Waals surface area contributed by atoms with E-state index in [9.17, 15) is 13.2 Å². The second kappa shape index (κ2) is 8.84. The predicted molar refractivity (Wildman–Crippen MR) is 128 cm³/mol. The highest BCUT2D eigenvalue weighted by atomic mass is 35.5. The van der Waals surface area contributed by atoms with E-state index in [-0.39, 0.29) is 22.9 Å². The Hall–Kier alpha value is -3.24. The number of fused-ring (bicyclic) bond motifs is 1. The zero-order valence-electron chi connectivity index (χ0n) is 18.1. The number of pyridine rings is 1. The van der Waals surface area contributed by atoms with Gasteiger partial charge in [-0.1, -0.05) is 23.7 Å². The molecule has 5 rings (SSSR count). The van der Waals surface area contributed by atoms with Gasteiger partial charge in [-0.25, -0.2) is 13.4 Å². The number of carbonyl (C=O) groups is 1. The lowest BCUT2D eigenvalue weighted by molar-refractivity contribution is -0.136. The van der Waals surface area contributed by atoms with E-state index in [0.717, 1.165) is 13.1 Å². The van der Waals surface area contributed by atoms with Gasteiger partial charge in [-0.2, -0.15) is 4.98 Å². The third-order valence-corrected chi connectivity index (χ3v) is 8.12. The molecule has 4 heterocycles. The largest absolute Gasteiger partial charge is 0.481 e. The summed E-state index contributed by atoms with van der Waals surface area (Å²) in [5, 5.41) is 12.7. The van der Waals surface area contributed by atoms with Gasteiger partial charge in [-0.15, -0.1) is 0 Å². The molecule has 2 aromatic heterocycles. The summed E-state index contributed by atoms with van der Waals surface area (Å²) >= 11 is 5.99. The minimum Gasteiger partial charge on any atom is -0.481 e. The van der Waals surface area contributed by atoms with E-state index >= 15 is 0 Å². The molecule has 3 aromatic rings. The lowest BCUT2D eigenvalue weighted by atomic mass is 9.92. The highest BCUT2D eigenvalue weighted by Gasteiger charge is 2.34. The number of rotatable bonds is 6. The fraction of sp³-hybridized carbons (Fsp3) is 0.304. The number of anilines is 3. The highest BCUT2D eigenvalue weighted by Crippen LogP contribution is 2.36. The first-order valence-electron chi connectivity index (χ1n) is 10.9. The van der Waals surface area contributed by atoms with Crippen molar-refractivity contribution in [2.45, 2.75) is 30.1 Å². The van der Waals surface area contributed by atoms with Crippen molar-refractivity contribution in [3.63, 3.8) is 0 Å². The van der Waals surface area contributed by atoms with E-state index in [4.69, 9.17) is 16.7 Å². The molecule has 0 unspecified atom stereocenters. The van der Waals surface area contributed by atoms with E-state index < -0.39 is 15.8 Å². The monoisotopic (exact) mass is 499 g/mol. The highest BCUT2D eigenvalue weighted by molar-refractivity contribution is 7.91. The van der Waals surface area contributed by atoms with E-state index in [1.165, 1.54) is 11.8 Å². The summed E-state index contributed by atoms with van der Waals surface area (Å²) < 4.78 is 25.7. The summed E-state index contributed by atoms with van der Waals surface area (Å²) in [6.45, 7) is 1.44. The Morgan fingerprint density at radius 3 is 2.59 bits per heavy atom. The Bertz CT molecular complexity index is 1340. The molecule has 0 spiro atoms. The third kappa shape index (κ3) is 4.55. The number of hydrogen-bond acceptors (Lipinski definition) is 8. The van der Waals surface area contributed by atoms with Crippen LogP contribution in [-0.2, 0) is 27.5 Å². The van der Waals surface area contributed by atoms with Gasteiger partial charge >= 0.3 is 5.97 Å². The summed E-state index contributed by atoms with van der Waals surface area (Å²) in [6.07, 6.45) is 2.36. The lowest BCUT2D eigenvalue weighted by Gasteiger charge is -2.40. The van der Waals surface area contributed by atoms with Crippen LogP contribution < -0.4 is 10.2 Å². The minimum absolute atomic E-state index is 0.0511. The van der Waals surface area contributed by atoms with Gasteiger partial charge in [-0.3, -0.25) is 9.78 Å². The molecule has 0 radical (unpaired) electrons. The van der Waals surface area contributed by atoms with Gasteiger partial charge < -0.3 is 15.3 Å². The molecule has 0 atom stereocenters. The molecule has 176 valence electrons. The molecular weight excluding hydrogens is 478 g/mol. The zero-order chi connectivity index (χ0) is 23.9. The predicted octanol–water partition coefficient (Wildman–Crippen LogP) is 3.22. The number of nitrogens with one attached hydrogen (secondary N) is 1. The molecule has 9 nitrogen and oxygen atoms in total. The maximum absolute atomic E-state index is 12.9. The van der Waals surface area contributed by atoms with Gasteiger partial charge in [0.1, 0.15) is 4.90 Å². The van der Waals surface area contributed by atoms with E-state index in [1.807, 2.05) is 29.2 Å². The second-order valence-corrected chi connectivity index (χ2v) is 10.9. The summed E-state index contributed by atoms with van der Waals surface area (Å²) in [7, 11) is -3.52. The van der Waals surface area contributed by atoms with Crippen molar-refractivity contribution >= 4 is 44.9 Å². The number of aryl methyl sites for hydroxylation is 1. The zero-order valence-corrected chi connectivity index (χ0v) is 19.7. The second-order valence-electron chi connectivity index (χ2n) is 8.46. The summed E-state index contributed by atoms with van der Waals surface area (Å²) in [4.78, 5) is 26.4. The molecule has 0 saturated carbocycles. The van der Waals surface area contributed by atoms with Gasteiger partial charge in [0.2, 0.25) is 5.95 Å². The number of halogens is 1. The molecule has 11 heteroatoms. The molecular formula is C23H22ClN5O4S. The third-order valence-electron chi connectivity index (χ3n) is 5.99. The molecule has 1 aromatic carbocycles. The number of carboxylic acid groups (broad SMARTS) is 1. The maximum Gasteiger partial charge on any atom is 0.309 e.